The van der Waals surface area contributed by atoms with Gasteiger partial charge in [-0.1, -0.05) is 42.5 Å². The zero-order valence-corrected chi connectivity index (χ0v) is 10.3. The van der Waals surface area contributed by atoms with Crippen LogP contribution in [-0.2, 0) is 0 Å². The van der Waals surface area contributed by atoms with E-state index in [1.807, 2.05) is 0 Å². The van der Waals surface area contributed by atoms with Gasteiger partial charge in [-0.25, -0.2) is 0 Å². The molecule has 2 aliphatic rings. The van der Waals surface area contributed by atoms with Gasteiger partial charge in [0.25, 0.3) is 0 Å². The first-order valence-electron chi connectivity index (χ1n) is 6.14. The summed E-state index contributed by atoms with van der Waals surface area (Å²) in [5, 5.41) is 0. The summed E-state index contributed by atoms with van der Waals surface area (Å²) in [6.45, 7) is 0. The van der Waals surface area contributed by atoms with Crippen molar-refractivity contribution in [3.05, 3.63) is 48.1 Å². The summed E-state index contributed by atoms with van der Waals surface area (Å²) in [5.74, 6) is 0.664. The predicted octanol–water partition coefficient (Wildman–Crippen LogP) is 3.33. The molecule has 0 fully saturated rings. The lowest BCUT2D eigenvalue weighted by molar-refractivity contribution is 0.303. The number of nitrogens with zero attached hydrogens (tertiary/aromatic N) is 1. The maximum absolute atomic E-state index is 2.35. The summed E-state index contributed by atoms with van der Waals surface area (Å²) in [7, 11) is 4.37. The maximum Gasteiger partial charge on any atom is 0.0307 e. The topological polar surface area (TPSA) is 3.24 Å². The number of allylic oxidation sites excluding steroid dienone is 7. The third-order valence-electron chi connectivity index (χ3n) is 3.45. The summed E-state index contributed by atoms with van der Waals surface area (Å²) < 4.78 is 0. The molecule has 0 aromatic heterocycles. The van der Waals surface area contributed by atoms with Crippen molar-refractivity contribution in [1.29, 1.82) is 0 Å². The Morgan fingerprint density at radius 3 is 2.56 bits per heavy atom. The Labute approximate surface area is 98.8 Å². The van der Waals surface area contributed by atoms with Gasteiger partial charge in [-0.3, -0.25) is 0 Å². The fourth-order valence-corrected chi connectivity index (χ4v) is 2.51. The molecular weight excluding hydrogens is 194 g/mol. The predicted molar refractivity (Wildman–Crippen MR) is 70.3 cm³/mol. The highest BCUT2D eigenvalue weighted by Crippen LogP contribution is 2.25. The van der Waals surface area contributed by atoms with Crippen LogP contribution in [0, 0.1) is 5.92 Å². The monoisotopic (exact) mass is 215 g/mol. The third-order valence-corrected chi connectivity index (χ3v) is 3.45. The smallest absolute Gasteiger partial charge is 0.0307 e. The SMILES string of the molecule is CN(C)[C@H](CCC1C=CC=C1)C1=CC=CC1. The normalized spacial score (nSPS) is 21.1. The molecule has 0 spiro atoms. The zero-order valence-electron chi connectivity index (χ0n) is 10.3. The molecule has 2 aliphatic carbocycles. The van der Waals surface area contributed by atoms with E-state index in [-0.39, 0.29) is 0 Å². The van der Waals surface area contributed by atoms with Crippen molar-refractivity contribution >= 4 is 0 Å². The van der Waals surface area contributed by atoms with Crippen LogP contribution >= 0.6 is 0 Å². The third kappa shape index (κ3) is 2.73. The quantitative estimate of drug-likeness (QED) is 0.680. The summed E-state index contributed by atoms with van der Waals surface area (Å²) in [4.78, 5) is 2.35. The molecule has 1 heteroatoms. The van der Waals surface area contributed by atoms with Crippen LogP contribution in [0.2, 0.25) is 0 Å². The Hall–Kier alpha value is -1.08. The van der Waals surface area contributed by atoms with Crippen LogP contribution in [0.3, 0.4) is 0 Å². The highest BCUT2D eigenvalue weighted by Gasteiger charge is 2.18. The molecule has 0 aromatic carbocycles. The first-order chi connectivity index (χ1) is 7.77. The molecule has 2 rings (SSSR count). The van der Waals surface area contributed by atoms with Crippen LogP contribution in [0.15, 0.2) is 48.1 Å². The van der Waals surface area contributed by atoms with E-state index in [4.69, 9.17) is 0 Å². The average molecular weight is 215 g/mol. The highest BCUT2D eigenvalue weighted by molar-refractivity contribution is 5.27. The molecule has 0 saturated heterocycles. The Morgan fingerprint density at radius 2 is 2.00 bits per heavy atom. The van der Waals surface area contributed by atoms with Crippen LogP contribution in [0.1, 0.15) is 19.3 Å². The van der Waals surface area contributed by atoms with Crippen molar-refractivity contribution in [1.82, 2.24) is 4.90 Å². The molecular formula is C15H21N. The van der Waals surface area contributed by atoms with Gasteiger partial charge in [0.2, 0.25) is 0 Å². The van der Waals surface area contributed by atoms with E-state index in [0.717, 1.165) is 6.42 Å². The summed E-state index contributed by atoms with van der Waals surface area (Å²) >= 11 is 0. The summed E-state index contributed by atoms with van der Waals surface area (Å²) in [5.41, 5.74) is 1.57. The van der Waals surface area contributed by atoms with Crippen molar-refractivity contribution in [3.63, 3.8) is 0 Å². The van der Waals surface area contributed by atoms with E-state index in [2.05, 4.69) is 61.5 Å². The molecule has 0 N–H and O–H groups in total. The number of hydrogen-bond acceptors (Lipinski definition) is 1. The molecule has 0 bridgehead atoms. The first-order valence-corrected chi connectivity index (χ1v) is 6.14. The van der Waals surface area contributed by atoms with Crippen LogP contribution in [0.25, 0.3) is 0 Å². The van der Waals surface area contributed by atoms with Gasteiger partial charge in [-0.2, -0.15) is 0 Å². The van der Waals surface area contributed by atoms with Gasteiger partial charge in [-0.15, -0.1) is 0 Å². The molecule has 0 unspecified atom stereocenters. The molecule has 0 amide bonds. The van der Waals surface area contributed by atoms with E-state index in [1.165, 1.54) is 12.8 Å². The van der Waals surface area contributed by atoms with Crippen LogP contribution in [0.5, 0.6) is 0 Å². The second kappa shape index (κ2) is 5.31. The largest absolute Gasteiger partial charge is 0.303 e. The van der Waals surface area contributed by atoms with Gasteiger partial charge in [0.1, 0.15) is 0 Å². The second-order valence-corrected chi connectivity index (χ2v) is 4.86. The molecule has 16 heavy (non-hydrogen) atoms. The minimum atomic E-state index is 0.609. The van der Waals surface area contributed by atoms with Crippen molar-refractivity contribution in [2.75, 3.05) is 14.1 Å². The van der Waals surface area contributed by atoms with Gasteiger partial charge in [0.05, 0.1) is 0 Å². The molecule has 0 radical (unpaired) electrons. The van der Waals surface area contributed by atoms with E-state index < -0.39 is 0 Å². The molecule has 1 atom stereocenters. The van der Waals surface area contributed by atoms with E-state index >= 15 is 0 Å². The average Bonchev–Trinajstić information content (AvgIpc) is 2.88. The van der Waals surface area contributed by atoms with E-state index in [9.17, 15) is 0 Å². The van der Waals surface area contributed by atoms with Crippen molar-refractivity contribution in [3.8, 4) is 0 Å². The lowest BCUT2D eigenvalue weighted by atomic mass is 9.95. The first kappa shape index (κ1) is 11.4. The van der Waals surface area contributed by atoms with Crippen LogP contribution in [0.4, 0.5) is 0 Å². The van der Waals surface area contributed by atoms with Gasteiger partial charge in [-0.05, 0) is 44.8 Å². The van der Waals surface area contributed by atoms with Crippen LogP contribution < -0.4 is 0 Å². The Balaban J connectivity index is 1.88. The highest BCUT2D eigenvalue weighted by atomic mass is 15.1. The fourth-order valence-electron chi connectivity index (χ4n) is 2.51. The summed E-state index contributed by atoms with van der Waals surface area (Å²) in [6, 6.07) is 0.609. The molecule has 0 aliphatic heterocycles. The van der Waals surface area contributed by atoms with E-state index in [1.54, 1.807) is 5.57 Å². The lowest BCUT2D eigenvalue weighted by Crippen LogP contribution is -2.29. The Morgan fingerprint density at radius 1 is 1.25 bits per heavy atom. The number of hydrogen-bond donors (Lipinski definition) is 0. The molecule has 0 aromatic rings. The molecule has 86 valence electrons. The van der Waals surface area contributed by atoms with E-state index in [0.29, 0.717) is 12.0 Å². The van der Waals surface area contributed by atoms with Crippen molar-refractivity contribution < 1.29 is 0 Å². The Kier molecular flexibility index (Phi) is 3.79. The molecule has 0 heterocycles. The van der Waals surface area contributed by atoms with Crippen molar-refractivity contribution in [2.45, 2.75) is 25.3 Å². The van der Waals surface area contributed by atoms with Gasteiger partial charge < -0.3 is 4.90 Å². The fraction of sp³-hybridized carbons (Fsp3) is 0.467. The zero-order chi connectivity index (χ0) is 11.4. The maximum atomic E-state index is 2.35. The minimum Gasteiger partial charge on any atom is -0.303 e. The molecule has 1 nitrogen and oxygen atoms in total. The molecule has 0 saturated carbocycles. The lowest BCUT2D eigenvalue weighted by Gasteiger charge is -2.26. The minimum absolute atomic E-state index is 0.609. The van der Waals surface area contributed by atoms with Crippen molar-refractivity contribution in [2.24, 2.45) is 5.92 Å². The second-order valence-electron chi connectivity index (χ2n) is 4.86. The van der Waals surface area contributed by atoms with Gasteiger partial charge >= 0.3 is 0 Å². The number of likely N-dealkylation sites (N-methyl/N-ethyl adjacent to an activating group) is 1. The number of rotatable bonds is 5. The Bertz CT molecular complexity index is 332. The standard InChI is InChI=1S/C15H21N/c1-16(2)15(14-9-5-6-10-14)12-11-13-7-3-4-8-13/h3-9,13,15H,10-12H2,1-2H3/t15-/m1/s1. The van der Waals surface area contributed by atoms with Crippen LogP contribution in [-0.4, -0.2) is 25.0 Å². The van der Waals surface area contributed by atoms with Gasteiger partial charge in [0, 0.05) is 6.04 Å². The summed E-state index contributed by atoms with van der Waals surface area (Å²) in [6.07, 6.45) is 19.3. The van der Waals surface area contributed by atoms with Gasteiger partial charge in [0.15, 0.2) is 0 Å².